The van der Waals surface area contributed by atoms with E-state index in [0.29, 0.717) is 18.6 Å². The monoisotopic (exact) mass is 339 g/mol. The van der Waals surface area contributed by atoms with Crippen molar-refractivity contribution in [3.63, 3.8) is 0 Å². The van der Waals surface area contributed by atoms with Gasteiger partial charge in [-0.3, -0.25) is 4.79 Å². The van der Waals surface area contributed by atoms with Crippen molar-refractivity contribution in [2.75, 3.05) is 13.7 Å². The van der Waals surface area contributed by atoms with E-state index < -0.39 is 6.10 Å². The van der Waals surface area contributed by atoms with Crippen LogP contribution in [0.2, 0.25) is 0 Å². The van der Waals surface area contributed by atoms with Crippen molar-refractivity contribution < 1.29 is 14.6 Å². The summed E-state index contributed by atoms with van der Waals surface area (Å²) >= 11 is 0. The van der Waals surface area contributed by atoms with Crippen molar-refractivity contribution in [3.05, 3.63) is 71.3 Å². The van der Waals surface area contributed by atoms with Crippen molar-refractivity contribution >= 4 is 5.91 Å². The maximum Gasteiger partial charge on any atom is 0.254 e. The molecule has 0 bridgehead atoms. The number of benzene rings is 2. The number of nitrogens with zero attached hydrogens (tertiary/aromatic N) is 1. The first-order chi connectivity index (χ1) is 12.2. The molecule has 4 heteroatoms. The van der Waals surface area contributed by atoms with Gasteiger partial charge in [0, 0.05) is 25.3 Å². The lowest BCUT2D eigenvalue weighted by Crippen LogP contribution is -2.36. The van der Waals surface area contributed by atoms with Gasteiger partial charge in [0.1, 0.15) is 0 Å². The average Bonchev–Trinajstić information content (AvgIpc) is 3.10. The molecule has 1 fully saturated rings. The minimum Gasteiger partial charge on any atom is -0.388 e. The molecule has 1 aliphatic heterocycles. The van der Waals surface area contributed by atoms with Gasteiger partial charge in [-0.15, -0.1) is 0 Å². The van der Waals surface area contributed by atoms with Crippen molar-refractivity contribution in [3.8, 4) is 0 Å². The van der Waals surface area contributed by atoms with Crippen LogP contribution >= 0.6 is 0 Å². The number of carbonyl (C=O) groups excluding carboxylic acids is 1. The van der Waals surface area contributed by atoms with Gasteiger partial charge in [0.2, 0.25) is 0 Å². The first-order valence-corrected chi connectivity index (χ1v) is 8.81. The lowest BCUT2D eigenvalue weighted by molar-refractivity contribution is 0.0666. The van der Waals surface area contributed by atoms with Gasteiger partial charge in [0.25, 0.3) is 5.91 Å². The van der Waals surface area contributed by atoms with E-state index in [1.807, 2.05) is 59.5 Å². The van der Waals surface area contributed by atoms with Crippen molar-refractivity contribution in [2.45, 2.75) is 38.0 Å². The van der Waals surface area contributed by atoms with E-state index in [2.05, 4.69) is 0 Å². The molecular formula is C21H25NO3. The van der Waals surface area contributed by atoms with Crippen LogP contribution in [0.3, 0.4) is 0 Å². The molecule has 132 valence electrons. The van der Waals surface area contributed by atoms with Gasteiger partial charge >= 0.3 is 0 Å². The number of rotatable bonds is 6. The molecule has 2 unspecified atom stereocenters. The molecule has 2 atom stereocenters. The van der Waals surface area contributed by atoms with Crippen LogP contribution < -0.4 is 0 Å². The molecule has 1 heterocycles. The van der Waals surface area contributed by atoms with Crippen LogP contribution in [0.4, 0.5) is 0 Å². The second-order valence-corrected chi connectivity index (χ2v) is 6.59. The number of aliphatic hydroxyl groups is 1. The third-order valence-electron chi connectivity index (χ3n) is 4.80. The number of carbonyl (C=O) groups is 1. The summed E-state index contributed by atoms with van der Waals surface area (Å²) in [4.78, 5) is 14.9. The predicted octanol–water partition coefficient (Wildman–Crippen LogP) is 3.56. The van der Waals surface area contributed by atoms with Crippen LogP contribution in [-0.4, -0.2) is 35.6 Å². The number of methoxy groups -OCH3 is 1. The Labute approximate surface area is 149 Å². The molecule has 2 aromatic rings. The summed E-state index contributed by atoms with van der Waals surface area (Å²) in [6.07, 6.45) is 1.95. The Balaban J connectivity index is 1.70. The molecule has 0 radical (unpaired) electrons. The highest BCUT2D eigenvalue weighted by molar-refractivity contribution is 5.94. The SMILES string of the molecule is COCc1cccc(C(=O)N2CCCC2CC(O)c2ccccc2)c1. The van der Waals surface area contributed by atoms with Gasteiger partial charge in [-0.1, -0.05) is 42.5 Å². The maximum absolute atomic E-state index is 12.9. The topological polar surface area (TPSA) is 49.8 Å². The highest BCUT2D eigenvalue weighted by Gasteiger charge is 2.31. The Bertz CT molecular complexity index is 701. The summed E-state index contributed by atoms with van der Waals surface area (Å²) in [5.74, 6) is 0.0423. The maximum atomic E-state index is 12.9. The molecular weight excluding hydrogens is 314 g/mol. The first-order valence-electron chi connectivity index (χ1n) is 8.81. The summed E-state index contributed by atoms with van der Waals surface area (Å²) in [7, 11) is 1.65. The highest BCUT2D eigenvalue weighted by Crippen LogP contribution is 2.28. The molecule has 25 heavy (non-hydrogen) atoms. The molecule has 1 aliphatic rings. The number of hydrogen-bond donors (Lipinski definition) is 1. The van der Waals surface area contributed by atoms with Gasteiger partial charge in [-0.05, 0) is 42.5 Å². The van der Waals surface area contributed by atoms with Gasteiger partial charge in [-0.2, -0.15) is 0 Å². The quantitative estimate of drug-likeness (QED) is 0.875. The minimum absolute atomic E-state index is 0.0423. The highest BCUT2D eigenvalue weighted by atomic mass is 16.5. The number of amides is 1. The molecule has 4 nitrogen and oxygen atoms in total. The lowest BCUT2D eigenvalue weighted by Gasteiger charge is -2.27. The minimum atomic E-state index is -0.542. The van der Waals surface area contributed by atoms with E-state index in [4.69, 9.17) is 4.74 Å². The Morgan fingerprint density at radius 1 is 1.24 bits per heavy atom. The van der Waals surface area contributed by atoms with Crippen LogP contribution in [0.5, 0.6) is 0 Å². The zero-order valence-corrected chi connectivity index (χ0v) is 14.6. The fourth-order valence-corrected chi connectivity index (χ4v) is 3.54. The molecule has 0 spiro atoms. The normalized spacial score (nSPS) is 18.3. The van der Waals surface area contributed by atoms with Crippen molar-refractivity contribution in [1.82, 2.24) is 4.90 Å². The molecule has 1 amide bonds. The van der Waals surface area contributed by atoms with E-state index in [1.54, 1.807) is 7.11 Å². The van der Waals surface area contributed by atoms with Crippen molar-refractivity contribution in [1.29, 1.82) is 0 Å². The van der Waals surface area contributed by atoms with E-state index in [0.717, 1.165) is 30.5 Å². The fourth-order valence-electron chi connectivity index (χ4n) is 3.54. The van der Waals surface area contributed by atoms with E-state index in [9.17, 15) is 9.90 Å². The molecule has 1 saturated heterocycles. The second-order valence-electron chi connectivity index (χ2n) is 6.59. The predicted molar refractivity (Wildman–Crippen MR) is 97.2 cm³/mol. The summed E-state index contributed by atoms with van der Waals surface area (Å²) in [5.41, 5.74) is 2.59. The smallest absolute Gasteiger partial charge is 0.254 e. The molecule has 2 aromatic carbocycles. The van der Waals surface area contributed by atoms with Gasteiger partial charge in [-0.25, -0.2) is 0 Å². The summed E-state index contributed by atoms with van der Waals surface area (Å²) in [5, 5.41) is 10.5. The van der Waals surface area contributed by atoms with Gasteiger partial charge in [0.15, 0.2) is 0 Å². The van der Waals surface area contributed by atoms with Crippen LogP contribution in [0.1, 0.15) is 46.9 Å². The first kappa shape index (κ1) is 17.6. The van der Waals surface area contributed by atoms with Gasteiger partial charge < -0.3 is 14.7 Å². The average molecular weight is 339 g/mol. The molecule has 3 rings (SSSR count). The number of hydrogen-bond acceptors (Lipinski definition) is 3. The van der Waals surface area contributed by atoms with Crippen LogP contribution in [0.15, 0.2) is 54.6 Å². The Morgan fingerprint density at radius 2 is 2.04 bits per heavy atom. The van der Waals surface area contributed by atoms with Gasteiger partial charge in [0.05, 0.1) is 12.7 Å². The van der Waals surface area contributed by atoms with Crippen molar-refractivity contribution in [2.24, 2.45) is 0 Å². The largest absolute Gasteiger partial charge is 0.388 e. The molecule has 1 N–H and O–H groups in total. The third kappa shape index (κ3) is 4.27. The zero-order valence-electron chi connectivity index (χ0n) is 14.6. The third-order valence-corrected chi connectivity index (χ3v) is 4.80. The second kappa shape index (κ2) is 8.28. The van der Waals surface area contributed by atoms with E-state index in [1.165, 1.54) is 0 Å². The molecule has 0 saturated carbocycles. The Kier molecular flexibility index (Phi) is 5.84. The number of aliphatic hydroxyl groups excluding tert-OH is 1. The Hall–Kier alpha value is -2.17. The number of likely N-dealkylation sites (tertiary alicyclic amines) is 1. The fraction of sp³-hybridized carbons (Fsp3) is 0.381. The van der Waals surface area contributed by atoms with Crippen LogP contribution in [-0.2, 0) is 11.3 Å². The van der Waals surface area contributed by atoms with Crippen LogP contribution in [0.25, 0.3) is 0 Å². The van der Waals surface area contributed by atoms with E-state index >= 15 is 0 Å². The molecule has 0 aliphatic carbocycles. The Morgan fingerprint density at radius 3 is 2.80 bits per heavy atom. The summed E-state index contributed by atoms with van der Waals surface area (Å²) in [6.45, 7) is 1.25. The lowest BCUT2D eigenvalue weighted by atomic mass is 10.00. The molecule has 0 aromatic heterocycles. The standard InChI is InChI=1S/C21H25NO3/c1-25-15-16-7-5-10-18(13-16)21(24)22-12-6-11-19(22)14-20(23)17-8-3-2-4-9-17/h2-5,7-10,13,19-20,23H,6,11-12,14-15H2,1H3. The summed E-state index contributed by atoms with van der Waals surface area (Å²) in [6, 6.07) is 17.3. The zero-order chi connectivity index (χ0) is 17.6. The van der Waals surface area contributed by atoms with E-state index in [-0.39, 0.29) is 11.9 Å². The number of ether oxygens (including phenoxy) is 1. The summed E-state index contributed by atoms with van der Waals surface area (Å²) < 4.78 is 5.15. The van der Waals surface area contributed by atoms with Crippen LogP contribution in [0, 0.1) is 0 Å².